The molecule has 20 heavy (non-hydrogen) atoms. The highest BCUT2D eigenvalue weighted by Crippen LogP contribution is 2.35. The van der Waals surface area contributed by atoms with Crippen molar-refractivity contribution in [2.24, 2.45) is 5.73 Å². The van der Waals surface area contributed by atoms with Gasteiger partial charge in [-0.1, -0.05) is 11.8 Å². The van der Waals surface area contributed by atoms with Crippen LogP contribution >= 0.6 is 11.8 Å². The molecule has 0 spiro atoms. The zero-order valence-corrected chi connectivity index (χ0v) is 11.9. The second kappa shape index (κ2) is 5.89. The average molecular weight is 297 g/mol. The van der Waals surface area contributed by atoms with Crippen molar-refractivity contribution in [1.29, 1.82) is 0 Å². The molecular formula is C15H14F3NS. The molecular weight excluding hydrogens is 283 g/mol. The van der Waals surface area contributed by atoms with Crippen LogP contribution < -0.4 is 5.73 Å². The summed E-state index contributed by atoms with van der Waals surface area (Å²) >= 11 is 1.11. The number of hydrogen-bond acceptors (Lipinski definition) is 2. The number of aryl methyl sites for hydroxylation is 1. The summed E-state index contributed by atoms with van der Waals surface area (Å²) in [5, 5.41) is 0. The highest BCUT2D eigenvalue weighted by atomic mass is 32.2. The molecule has 0 saturated heterocycles. The van der Waals surface area contributed by atoms with E-state index in [9.17, 15) is 13.2 Å². The molecule has 1 unspecified atom stereocenters. The smallest absolute Gasteiger partial charge is 0.140 e. The SMILES string of the molecule is Cc1cc(Sc2ccc(F)cc2F)c(C(C)N)cc1F. The predicted octanol–water partition coefficient (Wildman–Crippen LogP) is 4.58. The molecule has 2 N–H and O–H groups in total. The molecule has 2 aromatic rings. The Bertz CT molecular complexity index is 641. The van der Waals surface area contributed by atoms with Crippen molar-refractivity contribution >= 4 is 11.8 Å². The van der Waals surface area contributed by atoms with Crippen molar-refractivity contribution in [2.45, 2.75) is 29.7 Å². The van der Waals surface area contributed by atoms with Gasteiger partial charge in [-0.3, -0.25) is 0 Å². The Labute approximate surface area is 120 Å². The second-order valence-corrected chi connectivity index (χ2v) is 5.69. The van der Waals surface area contributed by atoms with Gasteiger partial charge in [-0.05, 0) is 49.2 Å². The molecule has 0 fully saturated rings. The maximum absolute atomic E-state index is 13.7. The lowest BCUT2D eigenvalue weighted by atomic mass is 10.1. The molecule has 0 amide bonds. The van der Waals surface area contributed by atoms with Crippen LogP contribution in [-0.2, 0) is 0 Å². The maximum atomic E-state index is 13.7. The van der Waals surface area contributed by atoms with Gasteiger partial charge < -0.3 is 5.73 Å². The molecule has 0 aliphatic carbocycles. The van der Waals surface area contributed by atoms with Gasteiger partial charge in [-0.25, -0.2) is 13.2 Å². The molecule has 1 atom stereocenters. The van der Waals surface area contributed by atoms with E-state index >= 15 is 0 Å². The number of halogens is 3. The van der Waals surface area contributed by atoms with Gasteiger partial charge in [-0.2, -0.15) is 0 Å². The van der Waals surface area contributed by atoms with E-state index in [1.165, 1.54) is 18.2 Å². The largest absolute Gasteiger partial charge is 0.324 e. The summed E-state index contributed by atoms with van der Waals surface area (Å²) in [7, 11) is 0. The van der Waals surface area contributed by atoms with Crippen LogP contribution in [0.15, 0.2) is 40.1 Å². The van der Waals surface area contributed by atoms with Crippen molar-refractivity contribution in [3.8, 4) is 0 Å². The summed E-state index contributed by atoms with van der Waals surface area (Å²) in [6.45, 7) is 3.36. The maximum Gasteiger partial charge on any atom is 0.140 e. The first-order valence-electron chi connectivity index (χ1n) is 6.07. The van der Waals surface area contributed by atoms with Crippen molar-refractivity contribution in [3.63, 3.8) is 0 Å². The van der Waals surface area contributed by atoms with Crippen molar-refractivity contribution in [3.05, 3.63) is 58.9 Å². The van der Waals surface area contributed by atoms with Crippen LogP contribution in [0.4, 0.5) is 13.2 Å². The van der Waals surface area contributed by atoms with E-state index in [4.69, 9.17) is 5.73 Å². The van der Waals surface area contributed by atoms with Gasteiger partial charge in [0.1, 0.15) is 17.5 Å². The summed E-state index contributed by atoms with van der Waals surface area (Å²) in [6, 6.07) is 5.98. The number of nitrogens with two attached hydrogens (primary N) is 1. The fourth-order valence-corrected chi connectivity index (χ4v) is 2.92. The van der Waals surface area contributed by atoms with Gasteiger partial charge >= 0.3 is 0 Å². The Morgan fingerprint density at radius 3 is 2.30 bits per heavy atom. The van der Waals surface area contributed by atoms with Gasteiger partial charge in [0.2, 0.25) is 0 Å². The third-order valence-corrected chi connectivity index (χ3v) is 4.02. The molecule has 0 radical (unpaired) electrons. The first kappa shape index (κ1) is 14.9. The monoisotopic (exact) mass is 297 g/mol. The van der Waals surface area contributed by atoms with Crippen molar-refractivity contribution in [2.75, 3.05) is 0 Å². The average Bonchev–Trinajstić information content (AvgIpc) is 2.36. The second-order valence-electron chi connectivity index (χ2n) is 4.60. The highest BCUT2D eigenvalue weighted by Gasteiger charge is 2.14. The Morgan fingerprint density at radius 1 is 1.00 bits per heavy atom. The fraction of sp³-hybridized carbons (Fsp3) is 0.200. The number of rotatable bonds is 3. The fourth-order valence-electron chi connectivity index (χ4n) is 1.79. The molecule has 0 aromatic heterocycles. The Hall–Kier alpha value is -1.46. The Morgan fingerprint density at radius 2 is 1.70 bits per heavy atom. The molecule has 0 bridgehead atoms. The van der Waals surface area contributed by atoms with E-state index < -0.39 is 11.6 Å². The number of hydrogen-bond donors (Lipinski definition) is 1. The van der Waals surface area contributed by atoms with E-state index in [-0.39, 0.29) is 16.8 Å². The lowest BCUT2D eigenvalue weighted by Gasteiger charge is -2.14. The van der Waals surface area contributed by atoms with Crippen LogP contribution in [-0.4, -0.2) is 0 Å². The summed E-state index contributed by atoms with van der Waals surface area (Å²) in [5.74, 6) is -1.62. The molecule has 0 aliphatic heterocycles. The van der Waals surface area contributed by atoms with Crippen molar-refractivity contribution in [1.82, 2.24) is 0 Å². The van der Waals surface area contributed by atoms with E-state index in [1.807, 2.05) is 0 Å². The minimum atomic E-state index is -0.646. The van der Waals surface area contributed by atoms with Crippen LogP contribution in [0.5, 0.6) is 0 Å². The highest BCUT2D eigenvalue weighted by molar-refractivity contribution is 7.99. The zero-order valence-electron chi connectivity index (χ0n) is 11.1. The summed E-state index contributed by atoms with van der Waals surface area (Å²) < 4.78 is 40.2. The summed E-state index contributed by atoms with van der Waals surface area (Å²) in [6.07, 6.45) is 0. The van der Waals surface area contributed by atoms with Crippen LogP contribution in [0, 0.1) is 24.4 Å². The molecule has 5 heteroatoms. The minimum absolute atomic E-state index is 0.277. The topological polar surface area (TPSA) is 26.0 Å². The lowest BCUT2D eigenvalue weighted by Crippen LogP contribution is -2.07. The van der Waals surface area contributed by atoms with E-state index in [2.05, 4.69) is 0 Å². The normalized spacial score (nSPS) is 12.5. The van der Waals surface area contributed by atoms with Crippen LogP contribution in [0.3, 0.4) is 0 Å². The molecule has 2 rings (SSSR count). The zero-order chi connectivity index (χ0) is 14.9. The van der Waals surface area contributed by atoms with Crippen LogP contribution in [0.25, 0.3) is 0 Å². The molecule has 106 valence electrons. The minimum Gasteiger partial charge on any atom is -0.324 e. The molecule has 0 heterocycles. The molecule has 0 aliphatic rings. The quantitative estimate of drug-likeness (QED) is 0.897. The number of benzene rings is 2. The van der Waals surface area contributed by atoms with Gasteiger partial charge in [0.25, 0.3) is 0 Å². The van der Waals surface area contributed by atoms with E-state index in [1.54, 1.807) is 19.9 Å². The van der Waals surface area contributed by atoms with E-state index in [0.717, 1.165) is 17.8 Å². The predicted molar refractivity (Wildman–Crippen MR) is 74.2 cm³/mol. The lowest BCUT2D eigenvalue weighted by molar-refractivity contribution is 0.565. The third-order valence-electron chi connectivity index (χ3n) is 2.90. The van der Waals surface area contributed by atoms with Crippen LogP contribution in [0.1, 0.15) is 24.1 Å². The van der Waals surface area contributed by atoms with Crippen LogP contribution in [0.2, 0.25) is 0 Å². The summed E-state index contributed by atoms with van der Waals surface area (Å²) in [5.41, 5.74) is 6.87. The Balaban J connectivity index is 2.44. The van der Waals surface area contributed by atoms with E-state index in [0.29, 0.717) is 16.0 Å². The van der Waals surface area contributed by atoms with Gasteiger partial charge in [-0.15, -0.1) is 0 Å². The molecule has 1 nitrogen and oxygen atoms in total. The van der Waals surface area contributed by atoms with Gasteiger partial charge in [0.15, 0.2) is 0 Å². The molecule has 0 saturated carbocycles. The standard InChI is InChI=1S/C15H14F3NS/c1-8-5-15(11(9(2)19)7-12(8)17)20-14-4-3-10(16)6-13(14)18/h3-7,9H,19H2,1-2H3. The molecule has 2 aromatic carbocycles. The summed E-state index contributed by atoms with van der Waals surface area (Å²) in [4.78, 5) is 0.948. The van der Waals surface area contributed by atoms with Gasteiger partial charge in [0, 0.05) is 21.9 Å². The first-order chi connectivity index (χ1) is 9.38. The van der Waals surface area contributed by atoms with Gasteiger partial charge in [0.05, 0.1) is 0 Å². The first-order valence-corrected chi connectivity index (χ1v) is 6.88. The van der Waals surface area contributed by atoms with Crippen molar-refractivity contribution < 1.29 is 13.2 Å². The third kappa shape index (κ3) is 3.16. The Kier molecular flexibility index (Phi) is 4.40.